The molecule has 0 amide bonds. The van der Waals surface area contributed by atoms with Crippen molar-refractivity contribution >= 4 is 65.4 Å². The van der Waals surface area contributed by atoms with E-state index in [0.29, 0.717) is 0 Å². The molecular weight excluding hydrogens is 875 g/mol. The van der Waals surface area contributed by atoms with Crippen LogP contribution < -0.4 is 0 Å². The summed E-state index contributed by atoms with van der Waals surface area (Å²) in [6.45, 7) is 6.46. The van der Waals surface area contributed by atoms with Crippen molar-refractivity contribution in [3.8, 4) is 62.1 Å². The number of rotatable bonds is 7. The first-order valence-electron chi connectivity index (χ1n) is 24.7. The molecule has 5 heteroatoms. The third kappa shape index (κ3) is 6.55. The fraction of sp³-hybridized carbons (Fsp3) is 0.0448. The van der Waals surface area contributed by atoms with E-state index in [2.05, 4.69) is 265 Å². The molecule has 0 aliphatic heterocycles. The van der Waals surface area contributed by atoms with Crippen LogP contribution >= 0.6 is 0 Å². The molecule has 0 atom stereocenters. The largest absolute Gasteiger partial charge is 0.309 e. The zero-order chi connectivity index (χ0) is 48.0. The highest BCUT2D eigenvalue weighted by Gasteiger charge is 2.20. The van der Waals surface area contributed by atoms with Crippen molar-refractivity contribution in [1.82, 2.24) is 23.7 Å². The summed E-state index contributed by atoms with van der Waals surface area (Å²) >= 11 is 0. The van der Waals surface area contributed by atoms with Crippen molar-refractivity contribution in [1.29, 1.82) is 0 Å². The number of para-hydroxylation sites is 4. The highest BCUT2D eigenvalue weighted by atomic mass is 15.0. The van der Waals surface area contributed by atoms with Gasteiger partial charge in [-0.25, -0.2) is 9.97 Å². The van der Waals surface area contributed by atoms with Crippen LogP contribution in [-0.4, -0.2) is 23.7 Å². The summed E-state index contributed by atoms with van der Waals surface area (Å²) in [6, 6.07) is 83.8. The highest BCUT2D eigenvalue weighted by Crippen LogP contribution is 2.41. The topological polar surface area (TPSA) is 40.6 Å². The zero-order valence-electron chi connectivity index (χ0n) is 40.2. The van der Waals surface area contributed by atoms with E-state index in [1.807, 2.05) is 0 Å². The molecule has 0 fully saturated rings. The molecule has 14 rings (SSSR count). The number of nitrogens with zero attached hydrogens (tertiary/aromatic N) is 5. The van der Waals surface area contributed by atoms with Gasteiger partial charge in [-0.2, -0.15) is 0 Å². The maximum atomic E-state index is 5.22. The summed E-state index contributed by atoms with van der Waals surface area (Å²) in [4.78, 5) is 10.4. The number of hydrogen-bond acceptors (Lipinski definition) is 2. The van der Waals surface area contributed by atoms with Crippen LogP contribution in [0.4, 0.5) is 0 Å². The van der Waals surface area contributed by atoms with E-state index in [1.54, 1.807) is 0 Å². The SMILES string of the molecule is Cc1ccccc1-c1cc(-c2ccc(-c3ccc(-n4c5ccc(-n6c7ccccc7c7ccccc76)cc5c5cc(-n6c7ccccc7c7ccccc76)ccc54)cc3)cc2C)nc(-c2ccccc2C)n1. The van der Waals surface area contributed by atoms with E-state index in [-0.39, 0.29) is 0 Å². The number of aryl methyl sites for hydroxylation is 3. The van der Waals surface area contributed by atoms with Crippen molar-refractivity contribution in [2.75, 3.05) is 0 Å². The Morgan fingerprint density at radius 1 is 0.264 bits per heavy atom. The van der Waals surface area contributed by atoms with Gasteiger partial charge in [0.25, 0.3) is 0 Å². The second-order valence-electron chi connectivity index (χ2n) is 19.1. The van der Waals surface area contributed by atoms with E-state index in [4.69, 9.17) is 9.97 Å². The van der Waals surface area contributed by atoms with Crippen LogP contribution in [-0.2, 0) is 0 Å². The molecule has 0 saturated carbocycles. The molecule has 4 heterocycles. The molecule has 4 aromatic heterocycles. The first kappa shape index (κ1) is 41.6. The van der Waals surface area contributed by atoms with Crippen molar-refractivity contribution in [2.24, 2.45) is 0 Å². The summed E-state index contributed by atoms with van der Waals surface area (Å²) < 4.78 is 7.27. The first-order chi connectivity index (χ1) is 35.4. The van der Waals surface area contributed by atoms with Gasteiger partial charge in [0.1, 0.15) is 0 Å². The van der Waals surface area contributed by atoms with E-state index in [0.717, 1.165) is 84.3 Å². The van der Waals surface area contributed by atoms with Gasteiger partial charge in [0, 0.05) is 66.1 Å². The first-order valence-corrected chi connectivity index (χ1v) is 24.7. The summed E-state index contributed by atoms with van der Waals surface area (Å²) in [7, 11) is 0. The molecule has 5 nitrogen and oxygen atoms in total. The van der Waals surface area contributed by atoms with Gasteiger partial charge in [-0.1, -0.05) is 152 Å². The van der Waals surface area contributed by atoms with Crippen LogP contribution in [0.1, 0.15) is 16.7 Å². The van der Waals surface area contributed by atoms with Gasteiger partial charge in [-0.05, 0) is 127 Å². The molecule has 0 bridgehead atoms. The van der Waals surface area contributed by atoms with Crippen molar-refractivity contribution in [3.05, 3.63) is 247 Å². The fourth-order valence-electron chi connectivity index (χ4n) is 11.4. The average molecular weight is 922 g/mol. The summed E-state index contributed by atoms with van der Waals surface area (Å²) in [6.07, 6.45) is 0. The average Bonchev–Trinajstić information content (AvgIpc) is 4.06. The lowest BCUT2D eigenvalue weighted by atomic mass is 9.96. The second-order valence-corrected chi connectivity index (χ2v) is 19.1. The van der Waals surface area contributed by atoms with Crippen molar-refractivity contribution in [3.63, 3.8) is 0 Å². The summed E-state index contributed by atoms with van der Waals surface area (Å²) in [5.74, 6) is 0.735. The molecule has 0 saturated heterocycles. The van der Waals surface area contributed by atoms with Crippen LogP contribution in [0.15, 0.2) is 231 Å². The third-order valence-electron chi connectivity index (χ3n) is 14.9. The summed E-state index contributed by atoms with van der Waals surface area (Å²) in [5.41, 5.74) is 21.3. The molecule has 0 spiro atoms. The van der Waals surface area contributed by atoms with Gasteiger partial charge >= 0.3 is 0 Å². The van der Waals surface area contributed by atoms with E-state index < -0.39 is 0 Å². The molecular formula is C67H47N5. The maximum absolute atomic E-state index is 5.22. The Kier molecular flexibility index (Phi) is 9.48. The van der Waals surface area contributed by atoms with Crippen molar-refractivity contribution in [2.45, 2.75) is 20.8 Å². The lowest BCUT2D eigenvalue weighted by molar-refractivity contribution is 1.16. The molecule has 340 valence electrons. The highest BCUT2D eigenvalue weighted by molar-refractivity contribution is 6.14. The van der Waals surface area contributed by atoms with E-state index in [1.165, 1.54) is 59.9 Å². The monoisotopic (exact) mass is 921 g/mol. The predicted molar refractivity (Wildman–Crippen MR) is 301 cm³/mol. The molecule has 0 N–H and O–H groups in total. The minimum atomic E-state index is 0.735. The minimum Gasteiger partial charge on any atom is -0.309 e. The van der Waals surface area contributed by atoms with Gasteiger partial charge in [0.05, 0.1) is 44.5 Å². The lowest BCUT2D eigenvalue weighted by Crippen LogP contribution is -1.99. The lowest BCUT2D eigenvalue weighted by Gasteiger charge is -2.14. The normalized spacial score (nSPS) is 11.8. The second kappa shape index (κ2) is 16.4. The van der Waals surface area contributed by atoms with Gasteiger partial charge in [0.15, 0.2) is 5.82 Å². The van der Waals surface area contributed by atoms with Gasteiger partial charge in [-0.15, -0.1) is 0 Å². The maximum Gasteiger partial charge on any atom is 0.160 e. The summed E-state index contributed by atoms with van der Waals surface area (Å²) in [5, 5.41) is 7.40. The van der Waals surface area contributed by atoms with Crippen LogP contribution in [0.5, 0.6) is 0 Å². The molecule has 14 aromatic rings. The Morgan fingerprint density at radius 2 is 0.639 bits per heavy atom. The smallest absolute Gasteiger partial charge is 0.160 e. The van der Waals surface area contributed by atoms with Gasteiger partial charge in [0.2, 0.25) is 0 Å². The Morgan fingerprint density at radius 3 is 1.11 bits per heavy atom. The Labute approximate surface area is 417 Å². The Balaban J connectivity index is 0.898. The van der Waals surface area contributed by atoms with Crippen LogP contribution in [0, 0.1) is 20.8 Å². The molecule has 0 aliphatic rings. The molecule has 0 aliphatic carbocycles. The Hall–Kier alpha value is -9.32. The van der Waals surface area contributed by atoms with E-state index in [9.17, 15) is 0 Å². The van der Waals surface area contributed by atoms with Crippen LogP contribution in [0.25, 0.3) is 128 Å². The molecule has 10 aromatic carbocycles. The van der Waals surface area contributed by atoms with Gasteiger partial charge in [-0.3, -0.25) is 0 Å². The minimum absolute atomic E-state index is 0.735. The van der Waals surface area contributed by atoms with Crippen LogP contribution in [0.2, 0.25) is 0 Å². The van der Waals surface area contributed by atoms with Crippen LogP contribution in [0.3, 0.4) is 0 Å². The quantitative estimate of drug-likeness (QED) is 0.160. The number of hydrogen-bond donors (Lipinski definition) is 0. The third-order valence-corrected chi connectivity index (χ3v) is 14.9. The van der Waals surface area contributed by atoms with E-state index >= 15 is 0 Å². The van der Waals surface area contributed by atoms with Gasteiger partial charge < -0.3 is 13.7 Å². The number of aromatic nitrogens is 5. The number of fused-ring (bicyclic) bond motifs is 9. The van der Waals surface area contributed by atoms with Crippen molar-refractivity contribution < 1.29 is 0 Å². The predicted octanol–water partition coefficient (Wildman–Crippen LogP) is 17.4. The molecule has 72 heavy (non-hydrogen) atoms. The molecule has 0 radical (unpaired) electrons. The fourth-order valence-corrected chi connectivity index (χ4v) is 11.4. The standard InChI is InChI=1S/C67H47N5/c1-42-16-4-6-18-50(42)59-41-60(69-67(68-59)52-19-7-5-17-43(52)2)51-35-30-46(38-44(51)3)45-28-31-47(32-29-45)70-65-36-33-48(71-61-24-12-8-20-53(61)54-21-9-13-25-62(54)71)39-57(65)58-40-49(34-37-66(58)70)72-63-26-14-10-22-55(63)56-23-11-15-27-64(56)72/h4-41H,1-3H3. The molecule has 0 unspecified atom stereocenters. The number of benzene rings is 10. The zero-order valence-corrected chi connectivity index (χ0v) is 40.2. The Bertz CT molecular complexity index is 4150.